The zero-order chi connectivity index (χ0) is 57.1. The lowest BCUT2D eigenvalue weighted by Crippen LogP contribution is -2.30. The molecule has 0 aliphatic rings. The summed E-state index contributed by atoms with van der Waals surface area (Å²) in [7, 11) is 0. The Morgan fingerprint density at radius 1 is 0.266 bits per heavy atom. The van der Waals surface area contributed by atoms with Gasteiger partial charge in [0.15, 0.2) is 6.10 Å². The smallest absolute Gasteiger partial charge is 0.306 e. The maximum absolute atomic E-state index is 12.9. The molecule has 1 unspecified atom stereocenters. The molecule has 6 nitrogen and oxygen atoms in total. The van der Waals surface area contributed by atoms with E-state index in [2.05, 4.69) is 167 Å². The molecule has 0 saturated heterocycles. The summed E-state index contributed by atoms with van der Waals surface area (Å²) in [4.78, 5) is 38.3. The summed E-state index contributed by atoms with van der Waals surface area (Å²) in [5.41, 5.74) is 0. The van der Waals surface area contributed by atoms with E-state index >= 15 is 0 Å². The Morgan fingerprint density at radius 2 is 0.506 bits per heavy atom. The molecule has 0 aromatic heterocycles. The molecule has 0 amide bonds. The van der Waals surface area contributed by atoms with Crippen LogP contribution in [0.1, 0.15) is 278 Å². The predicted octanol–water partition coefficient (Wildman–Crippen LogP) is 22.3. The van der Waals surface area contributed by atoms with Gasteiger partial charge in [-0.05, 0) is 141 Å². The number of hydrogen-bond donors (Lipinski definition) is 0. The second-order valence-corrected chi connectivity index (χ2v) is 20.9. The van der Waals surface area contributed by atoms with Crippen molar-refractivity contribution in [3.05, 3.63) is 146 Å². The van der Waals surface area contributed by atoms with Crippen molar-refractivity contribution in [2.24, 2.45) is 0 Å². The summed E-state index contributed by atoms with van der Waals surface area (Å²) in [5.74, 6) is -0.935. The largest absolute Gasteiger partial charge is 0.462 e. The fraction of sp³-hybridized carbons (Fsp3) is 0.630. The van der Waals surface area contributed by atoms with E-state index in [-0.39, 0.29) is 31.1 Å². The molecule has 0 bridgehead atoms. The van der Waals surface area contributed by atoms with Crippen LogP contribution >= 0.6 is 0 Å². The average molecular weight is 1090 g/mol. The molecular weight excluding hydrogens is 973 g/mol. The van der Waals surface area contributed by atoms with Crippen LogP contribution in [-0.4, -0.2) is 37.2 Å². The number of unbranched alkanes of at least 4 members (excludes halogenated alkanes) is 22. The predicted molar refractivity (Wildman–Crippen MR) is 343 cm³/mol. The quantitative estimate of drug-likeness (QED) is 0.0261. The van der Waals surface area contributed by atoms with Gasteiger partial charge in [-0.2, -0.15) is 0 Å². The maximum atomic E-state index is 12.9. The van der Waals surface area contributed by atoms with E-state index < -0.39 is 6.10 Å². The van der Waals surface area contributed by atoms with E-state index in [0.717, 1.165) is 161 Å². The summed E-state index contributed by atoms with van der Waals surface area (Å²) in [6.07, 6.45) is 94.2. The first-order valence-corrected chi connectivity index (χ1v) is 32.3. The van der Waals surface area contributed by atoms with E-state index in [0.29, 0.717) is 19.3 Å². The molecule has 0 N–H and O–H groups in total. The third-order valence-electron chi connectivity index (χ3n) is 13.3. The molecule has 0 aliphatic heterocycles. The molecule has 0 saturated carbocycles. The first-order chi connectivity index (χ1) is 39.0. The molecule has 0 aromatic carbocycles. The highest BCUT2D eigenvalue weighted by molar-refractivity contribution is 5.71. The average Bonchev–Trinajstić information content (AvgIpc) is 3.45. The first-order valence-electron chi connectivity index (χ1n) is 32.3. The fourth-order valence-electron chi connectivity index (χ4n) is 8.45. The van der Waals surface area contributed by atoms with Crippen molar-refractivity contribution in [1.29, 1.82) is 0 Å². The molecule has 446 valence electrons. The first kappa shape index (κ1) is 74.3. The molecular formula is C73H118O6. The number of esters is 3. The lowest BCUT2D eigenvalue weighted by molar-refractivity contribution is -0.167. The summed E-state index contributed by atoms with van der Waals surface area (Å²) < 4.78 is 16.9. The van der Waals surface area contributed by atoms with Gasteiger partial charge in [0.05, 0.1) is 0 Å². The van der Waals surface area contributed by atoms with Gasteiger partial charge in [0, 0.05) is 19.3 Å². The molecule has 0 radical (unpaired) electrons. The topological polar surface area (TPSA) is 78.9 Å². The van der Waals surface area contributed by atoms with Gasteiger partial charge in [-0.3, -0.25) is 14.4 Å². The minimum absolute atomic E-state index is 0.0968. The number of ether oxygens (including phenoxy) is 3. The van der Waals surface area contributed by atoms with Crippen molar-refractivity contribution in [3.63, 3.8) is 0 Å². The summed E-state index contributed by atoms with van der Waals surface area (Å²) in [6, 6.07) is 0. The van der Waals surface area contributed by atoms with E-state index in [1.807, 2.05) is 0 Å². The highest BCUT2D eigenvalue weighted by atomic mass is 16.6. The molecule has 0 aliphatic carbocycles. The fourth-order valence-corrected chi connectivity index (χ4v) is 8.45. The minimum Gasteiger partial charge on any atom is -0.462 e. The number of rotatable bonds is 57. The van der Waals surface area contributed by atoms with Crippen LogP contribution in [0.3, 0.4) is 0 Å². The zero-order valence-electron chi connectivity index (χ0n) is 51.1. The van der Waals surface area contributed by atoms with Crippen molar-refractivity contribution in [2.75, 3.05) is 13.2 Å². The molecule has 0 spiro atoms. The van der Waals surface area contributed by atoms with Crippen LogP contribution in [0, 0.1) is 0 Å². The highest BCUT2D eigenvalue weighted by Crippen LogP contribution is 2.14. The minimum atomic E-state index is -0.801. The van der Waals surface area contributed by atoms with E-state index in [1.54, 1.807) is 0 Å². The van der Waals surface area contributed by atoms with Crippen LogP contribution in [0.2, 0.25) is 0 Å². The highest BCUT2D eigenvalue weighted by Gasteiger charge is 2.19. The monoisotopic (exact) mass is 1090 g/mol. The summed E-state index contributed by atoms with van der Waals surface area (Å²) >= 11 is 0. The van der Waals surface area contributed by atoms with Crippen LogP contribution in [0.4, 0.5) is 0 Å². The third kappa shape index (κ3) is 64.0. The van der Waals surface area contributed by atoms with Gasteiger partial charge in [0.25, 0.3) is 0 Å². The lowest BCUT2D eigenvalue weighted by Gasteiger charge is -2.18. The maximum Gasteiger partial charge on any atom is 0.306 e. The second-order valence-electron chi connectivity index (χ2n) is 20.9. The van der Waals surface area contributed by atoms with Crippen molar-refractivity contribution >= 4 is 17.9 Å². The summed E-state index contributed by atoms with van der Waals surface area (Å²) in [6.45, 7) is 6.43. The zero-order valence-corrected chi connectivity index (χ0v) is 51.1. The van der Waals surface area contributed by atoms with Gasteiger partial charge in [-0.1, -0.05) is 263 Å². The van der Waals surface area contributed by atoms with Gasteiger partial charge in [0.1, 0.15) is 13.2 Å². The van der Waals surface area contributed by atoms with Crippen LogP contribution < -0.4 is 0 Å². The lowest BCUT2D eigenvalue weighted by atomic mass is 10.1. The molecule has 0 rings (SSSR count). The normalized spacial score (nSPS) is 13.1. The SMILES string of the molecule is CC/C=C\C/C=C\C/C=C\C/C=C\C/C=C\C/C=C\C/C=C\C/C=C\CCCCCCCCC(=O)OCC(COC(=O)CCCCCCC/C=C\CCCC)OC(=O)CCCCCCCC/C=C\C/C=C\C/C=C\CCCCC. The molecule has 0 fully saturated rings. The van der Waals surface area contributed by atoms with Gasteiger partial charge in [0.2, 0.25) is 0 Å². The Labute approximate surface area is 487 Å². The number of carbonyl (C=O) groups is 3. The Bertz CT molecular complexity index is 1730. The standard InChI is InChI=1S/C73H118O6/c1-4-7-10-13-16-19-22-24-26-28-30-31-32-33-34-35-36-37-38-39-40-41-43-44-46-48-51-54-57-60-63-66-72(75)78-69-70(68-77-71(74)65-62-59-56-53-50-21-18-15-12-9-6-3)79-73(76)67-64-61-58-55-52-49-47-45-42-29-27-25-23-20-17-14-11-8-5-2/h7,10,15-20,24-27,30-31,33-34,36-37,39-40,42-45,70H,4-6,8-9,11-14,21-23,28-29,32,35,38,41,46-69H2,1-3H3/b10-7-,18-15-,19-16-,20-17-,26-24-,27-25-,31-30-,34-33-,37-36-,40-39-,44-43-,45-42-. The van der Waals surface area contributed by atoms with Gasteiger partial charge >= 0.3 is 17.9 Å². The molecule has 0 aromatic rings. The van der Waals surface area contributed by atoms with Gasteiger partial charge in [-0.15, -0.1) is 0 Å². The third-order valence-corrected chi connectivity index (χ3v) is 13.3. The van der Waals surface area contributed by atoms with E-state index in [4.69, 9.17) is 14.2 Å². The Kier molecular flexibility index (Phi) is 61.9. The van der Waals surface area contributed by atoms with Gasteiger partial charge < -0.3 is 14.2 Å². The molecule has 1 atom stereocenters. The van der Waals surface area contributed by atoms with E-state index in [9.17, 15) is 14.4 Å². The van der Waals surface area contributed by atoms with Crippen molar-refractivity contribution in [1.82, 2.24) is 0 Å². The van der Waals surface area contributed by atoms with E-state index in [1.165, 1.54) is 77.0 Å². The number of carbonyl (C=O) groups excluding carboxylic acids is 3. The molecule has 6 heteroatoms. The van der Waals surface area contributed by atoms with Crippen molar-refractivity contribution in [2.45, 2.75) is 284 Å². The van der Waals surface area contributed by atoms with Crippen molar-refractivity contribution < 1.29 is 28.6 Å². The molecule has 0 heterocycles. The number of hydrogen-bond acceptors (Lipinski definition) is 6. The summed E-state index contributed by atoms with van der Waals surface area (Å²) in [5, 5.41) is 0. The van der Waals surface area contributed by atoms with Crippen LogP contribution in [-0.2, 0) is 28.6 Å². The Balaban J connectivity index is 4.34. The Hall–Kier alpha value is -4.71. The van der Waals surface area contributed by atoms with Gasteiger partial charge in [-0.25, -0.2) is 0 Å². The van der Waals surface area contributed by atoms with Crippen LogP contribution in [0.5, 0.6) is 0 Å². The second kappa shape index (κ2) is 65.8. The van der Waals surface area contributed by atoms with Crippen LogP contribution in [0.25, 0.3) is 0 Å². The Morgan fingerprint density at radius 3 is 0.823 bits per heavy atom. The molecule has 79 heavy (non-hydrogen) atoms. The van der Waals surface area contributed by atoms with Crippen LogP contribution in [0.15, 0.2) is 146 Å². The number of allylic oxidation sites excluding steroid dienone is 24. The van der Waals surface area contributed by atoms with Crippen molar-refractivity contribution in [3.8, 4) is 0 Å².